The van der Waals surface area contributed by atoms with E-state index in [-0.39, 0.29) is 5.54 Å². The molecule has 0 bridgehead atoms. The van der Waals surface area contributed by atoms with Crippen molar-refractivity contribution in [1.29, 1.82) is 0 Å². The lowest BCUT2D eigenvalue weighted by atomic mass is 9.85. The molecule has 1 aliphatic heterocycles. The van der Waals surface area contributed by atoms with E-state index >= 15 is 0 Å². The van der Waals surface area contributed by atoms with E-state index in [1.165, 1.54) is 0 Å². The van der Waals surface area contributed by atoms with Crippen molar-refractivity contribution in [3.8, 4) is 0 Å². The molecule has 0 radical (unpaired) electrons. The van der Waals surface area contributed by atoms with Crippen LogP contribution in [-0.4, -0.2) is 36.0 Å². The summed E-state index contributed by atoms with van der Waals surface area (Å²) in [5, 5.41) is 3.44. The predicted octanol–water partition coefficient (Wildman–Crippen LogP) is 2.41. The molecular formula is C14H28N2O. The minimum atomic E-state index is 0.133. The third-order valence-corrected chi connectivity index (χ3v) is 3.46. The molecule has 0 unspecified atom stereocenters. The Balaban J connectivity index is 2.40. The van der Waals surface area contributed by atoms with Gasteiger partial charge < -0.3 is 10.2 Å². The zero-order valence-corrected chi connectivity index (χ0v) is 12.1. The highest BCUT2D eigenvalue weighted by Crippen LogP contribution is 2.30. The quantitative estimate of drug-likeness (QED) is 0.821. The van der Waals surface area contributed by atoms with Crippen LogP contribution in [0.1, 0.15) is 53.9 Å². The van der Waals surface area contributed by atoms with Gasteiger partial charge in [0.15, 0.2) is 0 Å². The smallest absolute Gasteiger partial charge is 0.222 e. The lowest BCUT2D eigenvalue weighted by Gasteiger charge is -2.26. The summed E-state index contributed by atoms with van der Waals surface area (Å²) in [4.78, 5) is 14.0. The molecule has 100 valence electrons. The molecule has 17 heavy (non-hydrogen) atoms. The molecule has 3 heteroatoms. The van der Waals surface area contributed by atoms with Gasteiger partial charge in [-0.05, 0) is 39.0 Å². The minimum absolute atomic E-state index is 0.133. The van der Waals surface area contributed by atoms with E-state index in [4.69, 9.17) is 0 Å². The van der Waals surface area contributed by atoms with Crippen LogP contribution in [0, 0.1) is 5.41 Å². The molecule has 0 aromatic rings. The molecule has 1 rings (SSSR count). The first kappa shape index (κ1) is 14.5. The van der Waals surface area contributed by atoms with Crippen molar-refractivity contribution in [2.24, 2.45) is 5.41 Å². The Labute approximate surface area is 106 Å². The maximum atomic E-state index is 12.0. The van der Waals surface area contributed by atoms with Crippen molar-refractivity contribution >= 4 is 5.91 Å². The summed E-state index contributed by atoms with van der Waals surface area (Å²) in [6, 6.07) is 0. The van der Waals surface area contributed by atoms with Gasteiger partial charge in [0.05, 0.1) is 0 Å². The lowest BCUT2D eigenvalue weighted by molar-refractivity contribution is -0.130. The third kappa shape index (κ3) is 5.53. The highest BCUT2D eigenvalue weighted by atomic mass is 16.2. The van der Waals surface area contributed by atoms with E-state index in [1.807, 2.05) is 4.90 Å². The summed E-state index contributed by atoms with van der Waals surface area (Å²) in [5.74, 6) is 0.325. The first-order valence-electron chi connectivity index (χ1n) is 6.72. The monoisotopic (exact) mass is 240 g/mol. The number of hydrogen-bond acceptors (Lipinski definition) is 2. The zero-order valence-electron chi connectivity index (χ0n) is 12.1. The number of nitrogens with one attached hydrogen (secondary N) is 1. The summed E-state index contributed by atoms with van der Waals surface area (Å²) in [5.41, 5.74) is 0.454. The minimum Gasteiger partial charge on any atom is -0.341 e. The lowest BCUT2D eigenvalue weighted by Crippen LogP contribution is -2.43. The van der Waals surface area contributed by atoms with Gasteiger partial charge in [0, 0.05) is 31.6 Å². The summed E-state index contributed by atoms with van der Waals surface area (Å²) >= 11 is 0. The Morgan fingerprint density at radius 1 is 1.29 bits per heavy atom. The molecule has 0 saturated carbocycles. The predicted molar refractivity (Wildman–Crippen MR) is 72.0 cm³/mol. The molecule has 1 fully saturated rings. The summed E-state index contributed by atoms with van der Waals surface area (Å²) in [6.07, 6.45) is 2.85. The van der Waals surface area contributed by atoms with Crippen LogP contribution in [-0.2, 0) is 4.79 Å². The second-order valence-electron chi connectivity index (χ2n) is 6.97. The van der Waals surface area contributed by atoms with E-state index < -0.39 is 0 Å². The normalized spacial score (nSPS) is 21.5. The van der Waals surface area contributed by atoms with E-state index in [2.05, 4.69) is 39.9 Å². The van der Waals surface area contributed by atoms with Crippen LogP contribution in [0.5, 0.6) is 0 Å². The number of amides is 1. The average Bonchev–Trinajstić information content (AvgIpc) is 2.28. The van der Waals surface area contributed by atoms with Crippen molar-refractivity contribution < 1.29 is 4.79 Å². The molecule has 3 nitrogen and oxygen atoms in total. The molecular weight excluding hydrogens is 212 g/mol. The Bertz CT molecular complexity index is 266. The van der Waals surface area contributed by atoms with Crippen molar-refractivity contribution in [3.05, 3.63) is 0 Å². The van der Waals surface area contributed by atoms with Crippen molar-refractivity contribution in [2.45, 2.75) is 59.4 Å². The molecule has 0 spiro atoms. The second-order valence-corrected chi connectivity index (χ2v) is 6.97. The van der Waals surface area contributed by atoms with Gasteiger partial charge in [-0.3, -0.25) is 4.79 Å². The first-order valence-corrected chi connectivity index (χ1v) is 6.72. The second kappa shape index (κ2) is 5.38. The number of carbonyl (C=O) groups is 1. The fourth-order valence-corrected chi connectivity index (χ4v) is 2.09. The van der Waals surface area contributed by atoms with E-state index in [0.29, 0.717) is 17.7 Å². The van der Waals surface area contributed by atoms with Crippen LogP contribution >= 0.6 is 0 Å². The van der Waals surface area contributed by atoms with Crippen LogP contribution in [0.2, 0.25) is 0 Å². The molecule has 1 heterocycles. The van der Waals surface area contributed by atoms with Gasteiger partial charge in [-0.2, -0.15) is 0 Å². The molecule has 0 aromatic heterocycles. The van der Waals surface area contributed by atoms with E-state index in [0.717, 1.165) is 32.5 Å². The topological polar surface area (TPSA) is 32.3 Å². The van der Waals surface area contributed by atoms with Crippen LogP contribution in [0.25, 0.3) is 0 Å². The number of rotatable bonds is 3. The number of carbonyl (C=O) groups excluding carboxylic acids is 1. The zero-order chi connectivity index (χ0) is 13.1. The SMILES string of the molecule is CC1(C)CCC(=O)N(CCNC(C)(C)C)CC1. The molecule has 1 N–H and O–H groups in total. The molecule has 1 aliphatic rings. The fourth-order valence-electron chi connectivity index (χ4n) is 2.09. The van der Waals surface area contributed by atoms with Crippen molar-refractivity contribution in [2.75, 3.05) is 19.6 Å². The van der Waals surface area contributed by atoms with Gasteiger partial charge in [0.25, 0.3) is 0 Å². The Morgan fingerprint density at radius 3 is 2.53 bits per heavy atom. The van der Waals surface area contributed by atoms with E-state index in [9.17, 15) is 4.79 Å². The standard InChI is InChI=1S/C14H28N2O/c1-13(2,3)15-9-11-16-10-8-14(4,5)7-6-12(16)17/h15H,6-11H2,1-5H3. The highest BCUT2D eigenvalue weighted by Gasteiger charge is 2.27. The Hall–Kier alpha value is -0.570. The fraction of sp³-hybridized carbons (Fsp3) is 0.929. The third-order valence-electron chi connectivity index (χ3n) is 3.46. The largest absolute Gasteiger partial charge is 0.341 e. The molecule has 0 aromatic carbocycles. The number of hydrogen-bond donors (Lipinski definition) is 1. The first-order chi connectivity index (χ1) is 7.70. The van der Waals surface area contributed by atoms with Crippen molar-refractivity contribution in [1.82, 2.24) is 10.2 Å². The molecule has 0 atom stereocenters. The van der Waals surface area contributed by atoms with Gasteiger partial charge >= 0.3 is 0 Å². The van der Waals surface area contributed by atoms with Gasteiger partial charge in [-0.1, -0.05) is 13.8 Å². The van der Waals surface area contributed by atoms with E-state index in [1.54, 1.807) is 0 Å². The van der Waals surface area contributed by atoms with Crippen LogP contribution < -0.4 is 5.32 Å². The maximum absolute atomic E-state index is 12.0. The number of nitrogens with zero attached hydrogens (tertiary/aromatic N) is 1. The van der Waals surface area contributed by atoms with Crippen LogP contribution in [0.15, 0.2) is 0 Å². The highest BCUT2D eigenvalue weighted by molar-refractivity contribution is 5.76. The van der Waals surface area contributed by atoms with Crippen molar-refractivity contribution in [3.63, 3.8) is 0 Å². The van der Waals surface area contributed by atoms with Crippen LogP contribution in [0.3, 0.4) is 0 Å². The Kier molecular flexibility index (Phi) is 4.59. The van der Waals surface area contributed by atoms with Gasteiger partial charge in [-0.15, -0.1) is 0 Å². The molecule has 0 aliphatic carbocycles. The Morgan fingerprint density at radius 2 is 1.94 bits per heavy atom. The van der Waals surface area contributed by atoms with Gasteiger partial charge in [0.1, 0.15) is 0 Å². The van der Waals surface area contributed by atoms with Crippen LogP contribution in [0.4, 0.5) is 0 Å². The summed E-state index contributed by atoms with van der Waals surface area (Å²) in [7, 11) is 0. The maximum Gasteiger partial charge on any atom is 0.222 e. The summed E-state index contributed by atoms with van der Waals surface area (Å²) in [6.45, 7) is 13.6. The summed E-state index contributed by atoms with van der Waals surface area (Å²) < 4.78 is 0. The molecule has 1 saturated heterocycles. The number of likely N-dealkylation sites (tertiary alicyclic amines) is 1. The molecule has 1 amide bonds. The average molecular weight is 240 g/mol. The van der Waals surface area contributed by atoms with Gasteiger partial charge in [-0.25, -0.2) is 0 Å². The van der Waals surface area contributed by atoms with Gasteiger partial charge in [0.2, 0.25) is 5.91 Å².